The van der Waals surface area contributed by atoms with Crippen LogP contribution in [0, 0.1) is 3.57 Å². The molecule has 0 bridgehead atoms. The monoisotopic (exact) mass is 288 g/mol. The number of amides is 2. The summed E-state index contributed by atoms with van der Waals surface area (Å²) < 4.78 is 1.21. The van der Waals surface area contributed by atoms with Crippen molar-refractivity contribution in [2.24, 2.45) is 0 Å². The van der Waals surface area contributed by atoms with Crippen LogP contribution in [0.4, 0.5) is 4.79 Å². The fourth-order valence-electron chi connectivity index (χ4n) is 1.35. The molecule has 4 heteroatoms. The number of benzene rings is 1. The third-order valence-electron chi connectivity index (χ3n) is 2.04. The average molecular weight is 288 g/mol. The van der Waals surface area contributed by atoms with Crippen LogP contribution in [0.2, 0.25) is 0 Å². The molecule has 68 valence electrons. The summed E-state index contributed by atoms with van der Waals surface area (Å²) in [5, 5.41) is 5.57. The van der Waals surface area contributed by atoms with Crippen LogP contribution in [-0.2, 0) is 0 Å². The minimum Gasteiger partial charge on any atom is -0.336 e. The van der Waals surface area contributed by atoms with Crippen molar-refractivity contribution in [2.75, 3.05) is 6.54 Å². The number of hydrogen-bond acceptors (Lipinski definition) is 1. The van der Waals surface area contributed by atoms with Gasteiger partial charge in [-0.05, 0) is 40.3 Å². The fraction of sp³-hybridized carbons (Fsp3) is 0.222. The highest BCUT2D eigenvalue weighted by molar-refractivity contribution is 14.1. The van der Waals surface area contributed by atoms with Crippen LogP contribution >= 0.6 is 22.6 Å². The van der Waals surface area contributed by atoms with Gasteiger partial charge >= 0.3 is 6.03 Å². The van der Waals surface area contributed by atoms with E-state index in [0.29, 0.717) is 6.54 Å². The van der Waals surface area contributed by atoms with Gasteiger partial charge in [0.1, 0.15) is 0 Å². The van der Waals surface area contributed by atoms with Gasteiger partial charge in [-0.2, -0.15) is 0 Å². The summed E-state index contributed by atoms with van der Waals surface area (Å²) in [4.78, 5) is 10.9. The number of hydrogen-bond donors (Lipinski definition) is 2. The van der Waals surface area contributed by atoms with Crippen molar-refractivity contribution in [3.05, 3.63) is 33.4 Å². The molecule has 1 aromatic rings. The second-order valence-corrected chi connectivity index (χ2v) is 4.20. The Morgan fingerprint density at radius 2 is 2.00 bits per heavy atom. The SMILES string of the molecule is O=C1NC[C@H](c2ccc(I)cc2)N1. The Balaban J connectivity index is 2.17. The zero-order valence-electron chi connectivity index (χ0n) is 6.88. The number of carbonyl (C=O) groups excluding carboxylic acids is 1. The molecule has 0 aliphatic carbocycles. The minimum absolute atomic E-state index is 0.0800. The van der Waals surface area contributed by atoms with E-state index in [4.69, 9.17) is 0 Å². The average Bonchev–Trinajstić information content (AvgIpc) is 2.53. The smallest absolute Gasteiger partial charge is 0.315 e. The summed E-state index contributed by atoms with van der Waals surface area (Å²) in [6, 6.07) is 8.22. The van der Waals surface area contributed by atoms with E-state index in [-0.39, 0.29) is 12.1 Å². The zero-order valence-corrected chi connectivity index (χ0v) is 9.04. The van der Waals surface area contributed by atoms with E-state index >= 15 is 0 Å². The van der Waals surface area contributed by atoms with Gasteiger partial charge < -0.3 is 10.6 Å². The van der Waals surface area contributed by atoms with Gasteiger partial charge in [0.05, 0.1) is 6.04 Å². The van der Waals surface area contributed by atoms with Gasteiger partial charge in [0.25, 0.3) is 0 Å². The predicted molar refractivity (Wildman–Crippen MR) is 58.4 cm³/mol. The minimum atomic E-state index is -0.0800. The number of urea groups is 1. The first kappa shape index (κ1) is 8.80. The van der Waals surface area contributed by atoms with Crippen LogP contribution in [0.25, 0.3) is 0 Å². The van der Waals surface area contributed by atoms with Crippen molar-refractivity contribution in [3.8, 4) is 0 Å². The Hall–Kier alpha value is -0.780. The van der Waals surface area contributed by atoms with E-state index in [1.165, 1.54) is 3.57 Å². The van der Waals surface area contributed by atoms with Crippen molar-refractivity contribution in [3.63, 3.8) is 0 Å². The summed E-state index contributed by atoms with van der Waals surface area (Å²) in [6.45, 7) is 0.680. The molecule has 1 heterocycles. The van der Waals surface area contributed by atoms with Crippen LogP contribution in [0.1, 0.15) is 11.6 Å². The van der Waals surface area contributed by atoms with Gasteiger partial charge in [0, 0.05) is 10.1 Å². The Labute approximate surface area is 90.0 Å². The number of rotatable bonds is 1. The summed E-state index contributed by atoms with van der Waals surface area (Å²) >= 11 is 2.26. The first-order valence-corrected chi connectivity index (χ1v) is 5.13. The van der Waals surface area contributed by atoms with Crippen LogP contribution in [0.3, 0.4) is 0 Å². The molecule has 2 rings (SSSR count). The second kappa shape index (κ2) is 3.53. The molecule has 13 heavy (non-hydrogen) atoms. The molecule has 0 radical (unpaired) electrons. The first-order chi connectivity index (χ1) is 6.25. The molecule has 0 spiro atoms. The highest BCUT2D eigenvalue weighted by atomic mass is 127. The predicted octanol–water partition coefficient (Wildman–Crippen LogP) is 1.65. The lowest BCUT2D eigenvalue weighted by atomic mass is 10.1. The highest BCUT2D eigenvalue weighted by Gasteiger charge is 2.20. The second-order valence-electron chi connectivity index (χ2n) is 2.96. The topological polar surface area (TPSA) is 41.1 Å². The zero-order chi connectivity index (χ0) is 9.26. The van der Waals surface area contributed by atoms with E-state index in [0.717, 1.165) is 5.56 Å². The number of halogens is 1. The quantitative estimate of drug-likeness (QED) is 0.758. The summed E-state index contributed by atoms with van der Waals surface area (Å²) in [7, 11) is 0. The van der Waals surface area contributed by atoms with Gasteiger partial charge in [-0.1, -0.05) is 12.1 Å². The summed E-state index contributed by atoms with van der Waals surface area (Å²) in [5.41, 5.74) is 1.15. The maximum absolute atomic E-state index is 10.9. The molecule has 1 aliphatic heterocycles. The van der Waals surface area contributed by atoms with Gasteiger partial charge in [0.2, 0.25) is 0 Å². The maximum atomic E-state index is 10.9. The van der Waals surface area contributed by atoms with E-state index in [1.807, 2.05) is 24.3 Å². The van der Waals surface area contributed by atoms with E-state index in [1.54, 1.807) is 0 Å². The van der Waals surface area contributed by atoms with Crippen molar-refractivity contribution >= 4 is 28.6 Å². The van der Waals surface area contributed by atoms with Crippen molar-refractivity contribution in [1.82, 2.24) is 10.6 Å². The molecular formula is C9H9IN2O. The molecule has 2 amide bonds. The Kier molecular flexibility index (Phi) is 2.39. The lowest BCUT2D eigenvalue weighted by Gasteiger charge is -2.08. The van der Waals surface area contributed by atoms with Crippen molar-refractivity contribution in [2.45, 2.75) is 6.04 Å². The largest absolute Gasteiger partial charge is 0.336 e. The Bertz CT molecular complexity index is 323. The van der Waals surface area contributed by atoms with Crippen LogP contribution in [0.5, 0.6) is 0 Å². The molecular weight excluding hydrogens is 279 g/mol. The molecule has 1 aliphatic rings. The molecule has 0 unspecified atom stereocenters. The Morgan fingerprint density at radius 3 is 2.54 bits per heavy atom. The molecule has 3 nitrogen and oxygen atoms in total. The van der Waals surface area contributed by atoms with Gasteiger partial charge in [0.15, 0.2) is 0 Å². The summed E-state index contributed by atoms with van der Waals surface area (Å²) in [5.74, 6) is 0. The lowest BCUT2D eigenvalue weighted by Crippen LogP contribution is -2.21. The molecule has 0 saturated carbocycles. The molecule has 1 aromatic carbocycles. The fourth-order valence-corrected chi connectivity index (χ4v) is 1.71. The van der Waals surface area contributed by atoms with Crippen molar-refractivity contribution in [1.29, 1.82) is 0 Å². The molecule has 1 saturated heterocycles. The van der Waals surface area contributed by atoms with E-state index in [2.05, 4.69) is 33.2 Å². The van der Waals surface area contributed by atoms with Gasteiger partial charge in [-0.25, -0.2) is 4.79 Å². The van der Waals surface area contributed by atoms with Crippen LogP contribution < -0.4 is 10.6 Å². The van der Waals surface area contributed by atoms with E-state index in [9.17, 15) is 4.79 Å². The summed E-state index contributed by atoms with van der Waals surface area (Å²) in [6.07, 6.45) is 0. The third kappa shape index (κ3) is 1.93. The number of nitrogens with one attached hydrogen (secondary N) is 2. The molecule has 1 fully saturated rings. The maximum Gasteiger partial charge on any atom is 0.315 e. The van der Waals surface area contributed by atoms with Gasteiger partial charge in [-0.15, -0.1) is 0 Å². The standard InChI is InChI=1S/C9H9IN2O/c10-7-3-1-6(2-4-7)8-5-11-9(13)12-8/h1-4,8H,5H2,(H2,11,12,13)/t8-/m1/s1. The van der Waals surface area contributed by atoms with Crippen molar-refractivity contribution < 1.29 is 4.79 Å². The normalized spacial score (nSPS) is 21.0. The third-order valence-corrected chi connectivity index (χ3v) is 2.76. The van der Waals surface area contributed by atoms with E-state index < -0.39 is 0 Å². The Morgan fingerprint density at radius 1 is 1.31 bits per heavy atom. The molecule has 2 N–H and O–H groups in total. The molecule has 0 aromatic heterocycles. The lowest BCUT2D eigenvalue weighted by molar-refractivity contribution is 0.247. The first-order valence-electron chi connectivity index (χ1n) is 4.05. The van der Waals surface area contributed by atoms with Gasteiger partial charge in [-0.3, -0.25) is 0 Å². The number of carbonyl (C=O) groups is 1. The molecule has 1 atom stereocenters. The van der Waals surface area contributed by atoms with Crippen LogP contribution in [-0.4, -0.2) is 12.6 Å². The van der Waals surface area contributed by atoms with Crippen LogP contribution in [0.15, 0.2) is 24.3 Å². The highest BCUT2D eigenvalue weighted by Crippen LogP contribution is 2.16.